The van der Waals surface area contributed by atoms with Crippen molar-refractivity contribution >= 4 is 5.69 Å². The van der Waals surface area contributed by atoms with Gasteiger partial charge in [0.15, 0.2) is 0 Å². The minimum Gasteiger partial charge on any atom is -0.378 e. The first kappa shape index (κ1) is 15.3. The quantitative estimate of drug-likeness (QED) is 0.917. The molecule has 3 atom stereocenters. The number of hydrogen-bond acceptors (Lipinski definition) is 3. The molecule has 0 aliphatic carbocycles. The van der Waals surface area contributed by atoms with Gasteiger partial charge in [-0.05, 0) is 56.8 Å². The summed E-state index contributed by atoms with van der Waals surface area (Å²) in [5, 5.41) is 0. The number of nitrogens with two attached hydrogens (primary N) is 1. The van der Waals surface area contributed by atoms with Gasteiger partial charge in [0.2, 0.25) is 0 Å². The van der Waals surface area contributed by atoms with Gasteiger partial charge in [-0.2, -0.15) is 0 Å². The lowest BCUT2D eigenvalue weighted by Gasteiger charge is -2.41. The summed E-state index contributed by atoms with van der Waals surface area (Å²) >= 11 is 0. The van der Waals surface area contributed by atoms with E-state index in [1.54, 1.807) is 0 Å². The Kier molecular flexibility index (Phi) is 5.06. The van der Waals surface area contributed by atoms with Crippen molar-refractivity contribution in [2.45, 2.75) is 38.8 Å². The molecule has 1 aromatic carbocycles. The van der Waals surface area contributed by atoms with Crippen molar-refractivity contribution in [1.82, 2.24) is 4.90 Å². The van der Waals surface area contributed by atoms with E-state index in [0.717, 1.165) is 13.1 Å². The molecular formula is C17H29N3. The van der Waals surface area contributed by atoms with Crippen LogP contribution >= 0.6 is 0 Å². The lowest BCUT2D eigenvalue weighted by Crippen LogP contribution is -2.44. The van der Waals surface area contributed by atoms with Crippen molar-refractivity contribution in [2.75, 3.05) is 32.1 Å². The lowest BCUT2D eigenvalue weighted by atomic mass is 9.91. The van der Waals surface area contributed by atoms with Gasteiger partial charge >= 0.3 is 0 Å². The Hall–Kier alpha value is -1.06. The molecule has 1 aliphatic heterocycles. The fourth-order valence-electron chi connectivity index (χ4n) is 3.19. The number of rotatable bonds is 4. The summed E-state index contributed by atoms with van der Waals surface area (Å²) in [7, 11) is 4.16. The molecule has 112 valence electrons. The van der Waals surface area contributed by atoms with Crippen LogP contribution in [0.2, 0.25) is 0 Å². The first-order chi connectivity index (χ1) is 9.52. The Balaban J connectivity index is 2.10. The summed E-state index contributed by atoms with van der Waals surface area (Å²) in [5.74, 6) is 0.662. The van der Waals surface area contributed by atoms with Crippen LogP contribution in [-0.2, 0) is 0 Å². The molecule has 3 unspecified atom stereocenters. The zero-order valence-electron chi connectivity index (χ0n) is 13.3. The average Bonchev–Trinajstić information content (AvgIpc) is 2.47. The predicted octanol–water partition coefficient (Wildman–Crippen LogP) is 2.87. The first-order valence-electron chi connectivity index (χ1n) is 7.76. The predicted molar refractivity (Wildman–Crippen MR) is 87.1 cm³/mol. The number of benzene rings is 1. The molecule has 1 fully saturated rings. The van der Waals surface area contributed by atoms with E-state index in [1.807, 2.05) is 0 Å². The molecule has 0 aromatic heterocycles. The molecule has 1 heterocycles. The van der Waals surface area contributed by atoms with Crippen LogP contribution in [0.3, 0.4) is 0 Å². The van der Waals surface area contributed by atoms with E-state index in [4.69, 9.17) is 5.73 Å². The van der Waals surface area contributed by atoms with Crippen LogP contribution in [0.25, 0.3) is 0 Å². The van der Waals surface area contributed by atoms with E-state index in [9.17, 15) is 0 Å². The van der Waals surface area contributed by atoms with Crippen molar-refractivity contribution in [3.05, 3.63) is 29.8 Å². The number of hydrogen-bond donors (Lipinski definition) is 1. The van der Waals surface area contributed by atoms with Crippen molar-refractivity contribution in [3.8, 4) is 0 Å². The van der Waals surface area contributed by atoms with Crippen molar-refractivity contribution < 1.29 is 0 Å². The van der Waals surface area contributed by atoms with Crippen LogP contribution in [0.4, 0.5) is 5.69 Å². The second-order valence-corrected chi connectivity index (χ2v) is 6.39. The number of piperidine rings is 1. The summed E-state index contributed by atoms with van der Waals surface area (Å²) < 4.78 is 0. The maximum Gasteiger partial charge on any atom is 0.0361 e. The molecule has 3 nitrogen and oxygen atoms in total. The summed E-state index contributed by atoms with van der Waals surface area (Å²) in [6.07, 6.45) is 2.54. The van der Waals surface area contributed by atoms with Crippen LogP contribution < -0.4 is 10.6 Å². The summed E-state index contributed by atoms with van der Waals surface area (Å²) in [5.41, 5.74) is 8.53. The van der Waals surface area contributed by atoms with Gasteiger partial charge in [-0.3, -0.25) is 4.90 Å². The van der Waals surface area contributed by atoms with Gasteiger partial charge < -0.3 is 10.6 Å². The van der Waals surface area contributed by atoms with Gasteiger partial charge in [0.05, 0.1) is 0 Å². The van der Waals surface area contributed by atoms with Gasteiger partial charge in [-0.25, -0.2) is 0 Å². The standard InChI is InChI=1S/C17H29N3/c1-13-5-6-15(11-18)12-20(13)14(2)16-7-9-17(10-8-16)19(3)4/h7-10,13-15H,5-6,11-12,18H2,1-4H3. The van der Waals surface area contributed by atoms with E-state index in [2.05, 4.69) is 62.0 Å². The Morgan fingerprint density at radius 1 is 1.25 bits per heavy atom. The van der Waals surface area contributed by atoms with Crippen LogP contribution in [-0.4, -0.2) is 38.1 Å². The molecule has 0 bridgehead atoms. The molecule has 2 rings (SSSR count). The molecule has 0 spiro atoms. The first-order valence-corrected chi connectivity index (χ1v) is 7.76. The second kappa shape index (κ2) is 6.59. The molecule has 1 saturated heterocycles. The second-order valence-electron chi connectivity index (χ2n) is 6.39. The normalized spacial score (nSPS) is 25.4. The van der Waals surface area contributed by atoms with E-state index >= 15 is 0 Å². The van der Waals surface area contributed by atoms with Gasteiger partial charge in [0, 0.05) is 38.4 Å². The molecule has 0 amide bonds. The Morgan fingerprint density at radius 2 is 1.90 bits per heavy atom. The smallest absolute Gasteiger partial charge is 0.0361 e. The highest BCUT2D eigenvalue weighted by atomic mass is 15.2. The molecular weight excluding hydrogens is 246 g/mol. The van der Waals surface area contributed by atoms with Gasteiger partial charge in [-0.15, -0.1) is 0 Å². The summed E-state index contributed by atoms with van der Waals surface area (Å²) in [6, 6.07) is 10.1. The molecule has 2 N–H and O–H groups in total. The third-order valence-electron chi connectivity index (χ3n) is 4.75. The largest absolute Gasteiger partial charge is 0.378 e. The zero-order chi connectivity index (χ0) is 14.7. The van der Waals surface area contributed by atoms with Crippen LogP contribution in [0.5, 0.6) is 0 Å². The molecule has 0 radical (unpaired) electrons. The number of likely N-dealkylation sites (tertiary alicyclic amines) is 1. The molecule has 0 saturated carbocycles. The van der Waals surface area contributed by atoms with Crippen molar-refractivity contribution in [2.24, 2.45) is 11.7 Å². The highest BCUT2D eigenvalue weighted by Gasteiger charge is 2.28. The maximum absolute atomic E-state index is 5.87. The maximum atomic E-state index is 5.87. The van der Waals surface area contributed by atoms with Gasteiger partial charge in [0.25, 0.3) is 0 Å². The zero-order valence-corrected chi connectivity index (χ0v) is 13.3. The molecule has 1 aliphatic rings. The monoisotopic (exact) mass is 275 g/mol. The van der Waals surface area contributed by atoms with Gasteiger partial charge in [0.1, 0.15) is 0 Å². The van der Waals surface area contributed by atoms with E-state index in [0.29, 0.717) is 18.0 Å². The molecule has 3 heteroatoms. The van der Waals surface area contributed by atoms with Crippen molar-refractivity contribution in [3.63, 3.8) is 0 Å². The Bertz CT molecular complexity index is 413. The highest BCUT2D eigenvalue weighted by molar-refractivity contribution is 5.46. The van der Waals surface area contributed by atoms with E-state index in [-0.39, 0.29) is 0 Å². The Morgan fingerprint density at radius 3 is 2.45 bits per heavy atom. The van der Waals surface area contributed by atoms with Crippen LogP contribution in [0, 0.1) is 5.92 Å². The van der Waals surface area contributed by atoms with Crippen LogP contribution in [0.15, 0.2) is 24.3 Å². The number of nitrogens with zero attached hydrogens (tertiary/aromatic N) is 2. The van der Waals surface area contributed by atoms with Gasteiger partial charge in [-0.1, -0.05) is 12.1 Å². The minimum atomic E-state index is 0.468. The third kappa shape index (κ3) is 3.33. The molecule has 20 heavy (non-hydrogen) atoms. The van der Waals surface area contributed by atoms with Crippen molar-refractivity contribution in [1.29, 1.82) is 0 Å². The average molecular weight is 275 g/mol. The Labute approximate surface area is 123 Å². The summed E-state index contributed by atoms with van der Waals surface area (Å²) in [6.45, 7) is 6.61. The number of anilines is 1. The molecule has 1 aromatic rings. The van der Waals surface area contributed by atoms with Crippen LogP contribution in [0.1, 0.15) is 38.3 Å². The topological polar surface area (TPSA) is 32.5 Å². The fourth-order valence-corrected chi connectivity index (χ4v) is 3.19. The highest BCUT2D eigenvalue weighted by Crippen LogP contribution is 2.30. The summed E-state index contributed by atoms with van der Waals surface area (Å²) in [4.78, 5) is 4.76. The van der Waals surface area contributed by atoms with E-state index in [1.165, 1.54) is 24.1 Å². The van der Waals surface area contributed by atoms with E-state index < -0.39 is 0 Å². The lowest BCUT2D eigenvalue weighted by molar-refractivity contribution is 0.0813. The third-order valence-corrected chi connectivity index (χ3v) is 4.75. The fraction of sp³-hybridized carbons (Fsp3) is 0.647. The minimum absolute atomic E-state index is 0.468. The SMILES string of the molecule is CC1CCC(CN)CN1C(C)c1ccc(N(C)C)cc1.